The second-order valence-electron chi connectivity index (χ2n) is 2.17. The minimum absolute atomic E-state index is 0.122. The fraction of sp³-hybridized carbons (Fsp3) is 0.857. The van der Waals surface area contributed by atoms with Gasteiger partial charge in [0.05, 0.1) is 0 Å². The Morgan fingerprint density at radius 1 is 1.25 bits per heavy atom. The van der Waals surface area contributed by atoms with Crippen molar-refractivity contribution < 1.29 is 4.79 Å². The van der Waals surface area contributed by atoms with Crippen LogP contribution in [-0.2, 0) is 4.79 Å². The summed E-state index contributed by atoms with van der Waals surface area (Å²) < 4.78 is 0. The molecule has 5 heteroatoms. The Labute approximate surface area is 81.8 Å². The Morgan fingerprint density at radius 2 is 1.92 bits per heavy atom. The lowest BCUT2D eigenvalue weighted by Gasteiger charge is -1.99. The first-order chi connectivity index (χ1) is 5.81. The van der Waals surface area contributed by atoms with E-state index in [2.05, 4.69) is 10.6 Å². The first-order valence-corrected chi connectivity index (χ1v) is 6.39. The lowest BCUT2D eigenvalue weighted by Crippen LogP contribution is -2.17. The summed E-state index contributed by atoms with van der Waals surface area (Å²) in [6.45, 7) is 1.03. The van der Waals surface area contributed by atoms with Gasteiger partial charge in [-0.1, -0.05) is 21.6 Å². The van der Waals surface area contributed by atoms with Crippen molar-refractivity contribution in [1.82, 2.24) is 10.6 Å². The standard InChI is InChI=1S/C7H16N2OS2/c1-8-4-6-12-11-5-3-7(10)9-2/h8H,3-6H2,1-2H3,(H,9,10). The third kappa shape index (κ3) is 8.23. The zero-order valence-electron chi connectivity index (χ0n) is 7.55. The minimum Gasteiger partial charge on any atom is -0.359 e. The van der Waals surface area contributed by atoms with Gasteiger partial charge in [0, 0.05) is 31.5 Å². The molecule has 0 bridgehead atoms. The summed E-state index contributed by atoms with van der Waals surface area (Å²) in [4.78, 5) is 10.8. The van der Waals surface area contributed by atoms with Gasteiger partial charge in [0.1, 0.15) is 0 Å². The van der Waals surface area contributed by atoms with E-state index in [1.807, 2.05) is 7.05 Å². The number of hydrogen-bond donors (Lipinski definition) is 2. The van der Waals surface area contributed by atoms with E-state index in [0.717, 1.165) is 18.1 Å². The van der Waals surface area contributed by atoms with Gasteiger partial charge in [-0.15, -0.1) is 0 Å². The van der Waals surface area contributed by atoms with Gasteiger partial charge >= 0.3 is 0 Å². The van der Waals surface area contributed by atoms with E-state index in [9.17, 15) is 4.79 Å². The monoisotopic (exact) mass is 208 g/mol. The molecule has 0 heterocycles. The van der Waals surface area contributed by atoms with E-state index >= 15 is 0 Å². The topological polar surface area (TPSA) is 41.1 Å². The van der Waals surface area contributed by atoms with E-state index < -0.39 is 0 Å². The Kier molecular flexibility index (Phi) is 9.32. The summed E-state index contributed by atoms with van der Waals surface area (Å²) in [5.41, 5.74) is 0. The maximum absolute atomic E-state index is 10.8. The molecule has 0 aliphatic heterocycles. The van der Waals surface area contributed by atoms with Crippen LogP contribution in [0.2, 0.25) is 0 Å². The highest BCUT2D eigenvalue weighted by molar-refractivity contribution is 8.76. The molecule has 0 aromatic rings. The Balaban J connectivity index is 2.95. The summed E-state index contributed by atoms with van der Waals surface area (Å²) in [6, 6.07) is 0. The van der Waals surface area contributed by atoms with E-state index in [1.54, 1.807) is 28.6 Å². The van der Waals surface area contributed by atoms with Crippen molar-refractivity contribution in [2.24, 2.45) is 0 Å². The molecule has 3 nitrogen and oxygen atoms in total. The lowest BCUT2D eigenvalue weighted by atomic mass is 10.5. The quantitative estimate of drug-likeness (QED) is 0.478. The molecule has 0 spiro atoms. The van der Waals surface area contributed by atoms with Crippen molar-refractivity contribution in [2.75, 3.05) is 32.1 Å². The maximum atomic E-state index is 10.8. The summed E-state index contributed by atoms with van der Waals surface area (Å²) in [6.07, 6.45) is 0.619. The van der Waals surface area contributed by atoms with Gasteiger partial charge in [-0.2, -0.15) is 0 Å². The average molecular weight is 208 g/mol. The van der Waals surface area contributed by atoms with Crippen LogP contribution in [0, 0.1) is 0 Å². The molecule has 0 fully saturated rings. The van der Waals surface area contributed by atoms with Crippen LogP contribution in [0.1, 0.15) is 6.42 Å². The Hall–Kier alpha value is 0.130. The first kappa shape index (κ1) is 12.1. The van der Waals surface area contributed by atoms with Crippen molar-refractivity contribution in [3.8, 4) is 0 Å². The van der Waals surface area contributed by atoms with Gasteiger partial charge in [-0.3, -0.25) is 4.79 Å². The highest BCUT2D eigenvalue weighted by Gasteiger charge is 1.96. The van der Waals surface area contributed by atoms with Crippen LogP contribution >= 0.6 is 21.6 Å². The predicted molar refractivity (Wildman–Crippen MR) is 57.5 cm³/mol. The lowest BCUT2D eigenvalue weighted by molar-refractivity contribution is -0.120. The third-order valence-corrected chi connectivity index (χ3v) is 3.62. The van der Waals surface area contributed by atoms with E-state index in [1.165, 1.54) is 0 Å². The van der Waals surface area contributed by atoms with Crippen LogP contribution in [0.3, 0.4) is 0 Å². The van der Waals surface area contributed by atoms with Crippen molar-refractivity contribution in [3.05, 3.63) is 0 Å². The smallest absolute Gasteiger partial charge is 0.220 e. The largest absolute Gasteiger partial charge is 0.359 e. The Morgan fingerprint density at radius 3 is 2.50 bits per heavy atom. The molecule has 1 amide bonds. The summed E-state index contributed by atoms with van der Waals surface area (Å²) >= 11 is 0. The van der Waals surface area contributed by atoms with Gasteiger partial charge in [-0.25, -0.2) is 0 Å². The minimum atomic E-state index is 0.122. The second-order valence-corrected chi connectivity index (χ2v) is 4.87. The summed E-state index contributed by atoms with van der Waals surface area (Å²) in [7, 11) is 7.17. The third-order valence-electron chi connectivity index (χ3n) is 1.21. The average Bonchev–Trinajstić information content (AvgIpc) is 2.10. The molecule has 0 saturated carbocycles. The van der Waals surface area contributed by atoms with Gasteiger partial charge in [0.15, 0.2) is 0 Å². The fourth-order valence-corrected chi connectivity index (χ4v) is 2.52. The first-order valence-electron chi connectivity index (χ1n) is 3.91. The molecule has 0 unspecified atom stereocenters. The normalized spacial score (nSPS) is 9.83. The number of amides is 1. The van der Waals surface area contributed by atoms with Crippen LogP contribution in [-0.4, -0.2) is 38.1 Å². The number of carbonyl (C=O) groups is 1. The zero-order chi connectivity index (χ0) is 9.23. The predicted octanol–water partition coefficient (Wildman–Crippen LogP) is 0.723. The molecule has 2 N–H and O–H groups in total. The van der Waals surface area contributed by atoms with E-state index in [4.69, 9.17) is 0 Å². The SMILES string of the molecule is CNCCSSCCC(=O)NC. The van der Waals surface area contributed by atoms with Gasteiger partial charge in [0.2, 0.25) is 5.91 Å². The molecule has 12 heavy (non-hydrogen) atoms. The summed E-state index contributed by atoms with van der Waals surface area (Å²) in [5, 5.41) is 5.66. The van der Waals surface area contributed by atoms with Gasteiger partial charge in [-0.05, 0) is 7.05 Å². The Bertz CT molecular complexity index is 122. The number of carbonyl (C=O) groups excluding carboxylic acids is 1. The van der Waals surface area contributed by atoms with Crippen LogP contribution in [0.4, 0.5) is 0 Å². The molecular formula is C7H16N2OS2. The fourth-order valence-electron chi connectivity index (χ4n) is 0.521. The molecular weight excluding hydrogens is 192 g/mol. The molecule has 0 aromatic heterocycles. The number of rotatable bonds is 7. The zero-order valence-corrected chi connectivity index (χ0v) is 9.19. The van der Waals surface area contributed by atoms with Crippen molar-refractivity contribution >= 4 is 27.5 Å². The van der Waals surface area contributed by atoms with Crippen molar-refractivity contribution in [1.29, 1.82) is 0 Å². The van der Waals surface area contributed by atoms with Crippen LogP contribution in [0.5, 0.6) is 0 Å². The molecule has 0 aromatic carbocycles. The number of hydrogen-bond acceptors (Lipinski definition) is 4. The molecule has 0 aliphatic carbocycles. The molecule has 0 rings (SSSR count). The highest BCUT2D eigenvalue weighted by atomic mass is 33.1. The highest BCUT2D eigenvalue weighted by Crippen LogP contribution is 2.20. The van der Waals surface area contributed by atoms with Crippen LogP contribution in [0.15, 0.2) is 0 Å². The molecule has 0 aliphatic rings. The van der Waals surface area contributed by atoms with Crippen LogP contribution in [0.25, 0.3) is 0 Å². The molecule has 0 radical (unpaired) electrons. The van der Waals surface area contributed by atoms with Gasteiger partial charge in [0.25, 0.3) is 0 Å². The van der Waals surface area contributed by atoms with Crippen LogP contribution < -0.4 is 10.6 Å². The summed E-state index contributed by atoms with van der Waals surface area (Å²) in [5.74, 6) is 2.11. The second kappa shape index (κ2) is 9.22. The van der Waals surface area contributed by atoms with Gasteiger partial charge < -0.3 is 10.6 Å². The van der Waals surface area contributed by atoms with Crippen molar-refractivity contribution in [2.45, 2.75) is 6.42 Å². The molecule has 0 atom stereocenters. The number of nitrogens with one attached hydrogen (secondary N) is 2. The maximum Gasteiger partial charge on any atom is 0.220 e. The van der Waals surface area contributed by atoms with E-state index in [-0.39, 0.29) is 5.91 Å². The molecule has 0 saturated heterocycles. The van der Waals surface area contributed by atoms with Crippen molar-refractivity contribution in [3.63, 3.8) is 0 Å². The molecule has 72 valence electrons. The van der Waals surface area contributed by atoms with E-state index in [0.29, 0.717) is 6.42 Å².